The van der Waals surface area contributed by atoms with E-state index in [0.717, 1.165) is 47.7 Å². The van der Waals surface area contributed by atoms with Crippen LogP contribution in [0.15, 0.2) is 27.1 Å². The standard InChI is InChI=1S/C15H19Br2NO2/c16-13-6-5-10(7-14(13)17)8-18-9-11-3-1-2-4-12(11)15(19)20/h5-7,11-12,18H,1-4,8-9H2,(H,19,20). The van der Waals surface area contributed by atoms with Crippen molar-refractivity contribution in [2.24, 2.45) is 11.8 Å². The second kappa shape index (κ2) is 7.57. The van der Waals surface area contributed by atoms with E-state index < -0.39 is 5.97 Å². The van der Waals surface area contributed by atoms with Gasteiger partial charge >= 0.3 is 5.97 Å². The monoisotopic (exact) mass is 403 g/mol. The van der Waals surface area contributed by atoms with Gasteiger partial charge in [0.25, 0.3) is 0 Å². The number of aliphatic carboxylic acids is 1. The highest BCUT2D eigenvalue weighted by atomic mass is 79.9. The molecule has 0 aromatic heterocycles. The van der Waals surface area contributed by atoms with Crippen molar-refractivity contribution in [3.63, 3.8) is 0 Å². The van der Waals surface area contributed by atoms with E-state index in [2.05, 4.69) is 49.3 Å². The van der Waals surface area contributed by atoms with Crippen molar-refractivity contribution in [2.45, 2.75) is 32.2 Å². The lowest BCUT2D eigenvalue weighted by molar-refractivity contribution is -0.144. The second-order valence-electron chi connectivity index (χ2n) is 5.37. The number of carbonyl (C=O) groups is 1. The van der Waals surface area contributed by atoms with Crippen LogP contribution in [-0.4, -0.2) is 17.6 Å². The number of carboxylic acids is 1. The molecule has 0 radical (unpaired) electrons. The molecule has 0 saturated heterocycles. The lowest BCUT2D eigenvalue weighted by Crippen LogP contribution is -2.34. The Morgan fingerprint density at radius 1 is 1.25 bits per heavy atom. The van der Waals surface area contributed by atoms with E-state index in [1.165, 1.54) is 5.56 Å². The van der Waals surface area contributed by atoms with Crippen LogP contribution in [0.1, 0.15) is 31.2 Å². The average molecular weight is 405 g/mol. The van der Waals surface area contributed by atoms with Gasteiger partial charge in [-0.2, -0.15) is 0 Å². The number of rotatable bonds is 5. The van der Waals surface area contributed by atoms with Crippen molar-refractivity contribution < 1.29 is 9.90 Å². The maximum atomic E-state index is 11.2. The Labute approximate surface area is 136 Å². The molecule has 0 bridgehead atoms. The number of hydrogen-bond donors (Lipinski definition) is 2. The molecular weight excluding hydrogens is 386 g/mol. The number of benzene rings is 1. The van der Waals surface area contributed by atoms with Crippen LogP contribution in [-0.2, 0) is 11.3 Å². The highest BCUT2D eigenvalue weighted by Gasteiger charge is 2.30. The van der Waals surface area contributed by atoms with Crippen LogP contribution in [0.25, 0.3) is 0 Å². The molecule has 5 heteroatoms. The number of halogens is 2. The normalized spacial score (nSPS) is 22.7. The first-order chi connectivity index (χ1) is 9.58. The maximum Gasteiger partial charge on any atom is 0.306 e. The first-order valence-electron chi connectivity index (χ1n) is 6.95. The molecular formula is C15H19Br2NO2. The molecule has 2 rings (SSSR count). The van der Waals surface area contributed by atoms with Crippen LogP contribution in [0.3, 0.4) is 0 Å². The van der Waals surface area contributed by atoms with Gasteiger partial charge in [-0.25, -0.2) is 0 Å². The first kappa shape index (κ1) is 16.0. The maximum absolute atomic E-state index is 11.2. The summed E-state index contributed by atoms with van der Waals surface area (Å²) in [6.45, 7) is 1.55. The van der Waals surface area contributed by atoms with Crippen molar-refractivity contribution in [3.05, 3.63) is 32.7 Å². The Morgan fingerprint density at radius 3 is 2.70 bits per heavy atom. The zero-order valence-electron chi connectivity index (χ0n) is 11.2. The highest BCUT2D eigenvalue weighted by molar-refractivity contribution is 9.13. The Morgan fingerprint density at radius 2 is 2.00 bits per heavy atom. The largest absolute Gasteiger partial charge is 0.481 e. The zero-order chi connectivity index (χ0) is 14.5. The van der Waals surface area contributed by atoms with Gasteiger partial charge in [-0.05, 0) is 74.9 Å². The Balaban J connectivity index is 1.85. The van der Waals surface area contributed by atoms with E-state index in [4.69, 9.17) is 0 Å². The van der Waals surface area contributed by atoms with E-state index in [0.29, 0.717) is 0 Å². The molecule has 1 fully saturated rings. The summed E-state index contributed by atoms with van der Waals surface area (Å²) in [6.07, 6.45) is 4.05. The summed E-state index contributed by atoms with van der Waals surface area (Å²) in [6, 6.07) is 6.16. The molecule has 1 aromatic rings. The number of hydrogen-bond acceptors (Lipinski definition) is 2. The molecule has 1 saturated carbocycles. The third kappa shape index (κ3) is 4.30. The Hall–Kier alpha value is -0.390. The van der Waals surface area contributed by atoms with Crippen LogP contribution in [0.2, 0.25) is 0 Å². The average Bonchev–Trinajstić information content (AvgIpc) is 2.43. The van der Waals surface area contributed by atoms with E-state index in [1.54, 1.807) is 0 Å². The smallest absolute Gasteiger partial charge is 0.306 e. The quantitative estimate of drug-likeness (QED) is 0.773. The molecule has 2 atom stereocenters. The minimum Gasteiger partial charge on any atom is -0.481 e. The Bertz CT molecular complexity index is 479. The summed E-state index contributed by atoms with van der Waals surface area (Å²) in [5.41, 5.74) is 1.20. The van der Waals surface area contributed by atoms with Gasteiger partial charge in [0.1, 0.15) is 0 Å². The van der Waals surface area contributed by atoms with Crippen LogP contribution < -0.4 is 5.32 Å². The molecule has 0 aliphatic heterocycles. The molecule has 20 heavy (non-hydrogen) atoms. The van der Waals surface area contributed by atoms with Crippen LogP contribution in [0.4, 0.5) is 0 Å². The molecule has 1 aromatic carbocycles. The van der Waals surface area contributed by atoms with Crippen LogP contribution in [0, 0.1) is 11.8 Å². The number of nitrogens with one attached hydrogen (secondary N) is 1. The van der Waals surface area contributed by atoms with Gasteiger partial charge < -0.3 is 10.4 Å². The van der Waals surface area contributed by atoms with Crippen LogP contribution in [0.5, 0.6) is 0 Å². The van der Waals surface area contributed by atoms with Gasteiger partial charge in [0.15, 0.2) is 0 Å². The van der Waals surface area contributed by atoms with Crippen molar-refractivity contribution in [3.8, 4) is 0 Å². The molecule has 0 amide bonds. The van der Waals surface area contributed by atoms with E-state index >= 15 is 0 Å². The lowest BCUT2D eigenvalue weighted by Gasteiger charge is -2.28. The summed E-state index contributed by atoms with van der Waals surface area (Å²) >= 11 is 6.94. The van der Waals surface area contributed by atoms with Crippen molar-refractivity contribution >= 4 is 37.8 Å². The SMILES string of the molecule is O=C(O)C1CCCCC1CNCc1ccc(Br)c(Br)c1. The van der Waals surface area contributed by atoms with Gasteiger partial charge in [-0.1, -0.05) is 18.9 Å². The van der Waals surface area contributed by atoms with Gasteiger partial charge in [0, 0.05) is 15.5 Å². The molecule has 3 nitrogen and oxygen atoms in total. The summed E-state index contributed by atoms with van der Waals surface area (Å²) < 4.78 is 2.08. The van der Waals surface area contributed by atoms with Crippen molar-refractivity contribution in [1.29, 1.82) is 0 Å². The minimum absolute atomic E-state index is 0.173. The minimum atomic E-state index is -0.636. The van der Waals surface area contributed by atoms with Crippen molar-refractivity contribution in [2.75, 3.05) is 6.54 Å². The number of carboxylic acid groups (broad SMARTS) is 1. The zero-order valence-corrected chi connectivity index (χ0v) is 14.4. The predicted octanol–water partition coefficient (Wildman–Crippen LogP) is 4.19. The summed E-state index contributed by atoms with van der Waals surface area (Å²) in [5.74, 6) is -0.545. The summed E-state index contributed by atoms with van der Waals surface area (Å²) in [5, 5.41) is 12.7. The van der Waals surface area contributed by atoms with E-state index in [9.17, 15) is 9.90 Å². The highest BCUT2D eigenvalue weighted by Crippen LogP contribution is 2.30. The van der Waals surface area contributed by atoms with Gasteiger partial charge in [-0.3, -0.25) is 4.79 Å². The third-order valence-electron chi connectivity index (χ3n) is 3.95. The van der Waals surface area contributed by atoms with Gasteiger partial charge in [0.2, 0.25) is 0 Å². The third-order valence-corrected chi connectivity index (χ3v) is 5.83. The fourth-order valence-corrected chi connectivity index (χ4v) is 3.50. The predicted molar refractivity (Wildman–Crippen MR) is 86.6 cm³/mol. The molecule has 1 aliphatic rings. The van der Waals surface area contributed by atoms with Crippen molar-refractivity contribution in [1.82, 2.24) is 5.32 Å². The molecule has 2 N–H and O–H groups in total. The molecule has 110 valence electrons. The second-order valence-corrected chi connectivity index (χ2v) is 7.08. The first-order valence-corrected chi connectivity index (χ1v) is 8.54. The molecule has 1 aliphatic carbocycles. The van der Waals surface area contributed by atoms with Crippen LogP contribution >= 0.6 is 31.9 Å². The van der Waals surface area contributed by atoms with E-state index in [-0.39, 0.29) is 11.8 Å². The fourth-order valence-electron chi connectivity index (χ4n) is 2.83. The Kier molecular flexibility index (Phi) is 6.05. The van der Waals surface area contributed by atoms with Gasteiger partial charge in [-0.15, -0.1) is 0 Å². The molecule has 0 heterocycles. The molecule has 2 unspecified atom stereocenters. The lowest BCUT2D eigenvalue weighted by atomic mass is 9.79. The summed E-state index contributed by atoms with van der Waals surface area (Å²) in [7, 11) is 0. The van der Waals surface area contributed by atoms with E-state index in [1.807, 2.05) is 6.07 Å². The van der Waals surface area contributed by atoms with Gasteiger partial charge in [0.05, 0.1) is 5.92 Å². The topological polar surface area (TPSA) is 49.3 Å². The fraction of sp³-hybridized carbons (Fsp3) is 0.533. The molecule has 0 spiro atoms. The summed E-state index contributed by atoms with van der Waals surface area (Å²) in [4.78, 5) is 11.2.